The highest BCUT2D eigenvalue weighted by Crippen LogP contribution is 2.27. The van der Waals surface area contributed by atoms with Crippen molar-refractivity contribution < 1.29 is 13.9 Å². The fourth-order valence-electron chi connectivity index (χ4n) is 2.98. The van der Waals surface area contributed by atoms with Crippen molar-refractivity contribution >= 4 is 29.0 Å². The van der Waals surface area contributed by atoms with Gasteiger partial charge < -0.3 is 9.15 Å². The zero-order valence-electron chi connectivity index (χ0n) is 17.0. The Hall–Kier alpha value is -3.58. The van der Waals surface area contributed by atoms with E-state index in [0.717, 1.165) is 22.7 Å². The Kier molecular flexibility index (Phi) is 6.64. The molecule has 0 spiro atoms. The molecule has 0 saturated carbocycles. The van der Waals surface area contributed by atoms with Gasteiger partial charge in [-0.1, -0.05) is 60.3 Å². The van der Waals surface area contributed by atoms with E-state index in [1.165, 1.54) is 11.8 Å². The highest BCUT2D eigenvalue weighted by atomic mass is 32.2. The molecule has 7 heteroatoms. The summed E-state index contributed by atoms with van der Waals surface area (Å²) in [6, 6.07) is 26.8. The van der Waals surface area contributed by atoms with Crippen molar-refractivity contribution in [3.63, 3.8) is 0 Å². The molecule has 0 atom stereocenters. The zero-order chi connectivity index (χ0) is 21.5. The van der Waals surface area contributed by atoms with Gasteiger partial charge >= 0.3 is 0 Å². The summed E-state index contributed by atoms with van der Waals surface area (Å²) < 4.78 is 11.3. The first-order chi connectivity index (χ1) is 15.2. The molecule has 1 amide bonds. The monoisotopic (exact) mass is 431 g/mol. The van der Waals surface area contributed by atoms with Crippen LogP contribution in [0.5, 0.6) is 5.75 Å². The van der Waals surface area contributed by atoms with Crippen LogP contribution < -0.4 is 9.64 Å². The van der Waals surface area contributed by atoms with Crippen LogP contribution in [-0.2, 0) is 11.4 Å². The Labute approximate surface area is 184 Å². The molecule has 1 heterocycles. The van der Waals surface area contributed by atoms with Gasteiger partial charge in [-0.05, 0) is 48.9 Å². The number of aryl methyl sites for hydroxylation is 1. The summed E-state index contributed by atoms with van der Waals surface area (Å²) in [5, 5.41) is 8.35. The van der Waals surface area contributed by atoms with Crippen molar-refractivity contribution in [2.45, 2.75) is 18.8 Å². The highest BCUT2D eigenvalue weighted by molar-refractivity contribution is 7.99. The molecule has 0 unspecified atom stereocenters. The van der Waals surface area contributed by atoms with Crippen LogP contribution in [0.2, 0.25) is 0 Å². The normalized spacial score (nSPS) is 10.6. The number of anilines is 2. The SMILES string of the molecule is Cc1cccc(OCc2nnc(SCC(=O)N(c3ccccc3)c3ccccc3)o2)c1. The Bertz CT molecular complexity index is 1090. The van der Waals surface area contributed by atoms with Gasteiger partial charge in [-0.15, -0.1) is 10.2 Å². The number of nitrogens with zero attached hydrogens (tertiary/aromatic N) is 3. The first-order valence-electron chi connectivity index (χ1n) is 9.77. The van der Waals surface area contributed by atoms with E-state index in [-0.39, 0.29) is 18.3 Å². The molecule has 0 saturated heterocycles. The third kappa shape index (κ3) is 5.52. The van der Waals surface area contributed by atoms with Crippen molar-refractivity contribution in [3.05, 3.63) is 96.4 Å². The molecular weight excluding hydrogens is 410 g/mol. The van der Waals surface area contributed by atoms with Crippen molar-refractivity contribution in [3.8, 4) is 5.75 Å². The Morgan fingerprint density at radius 2 is 1.61 bits per heavy atom. The summed E-state index contributed by atoms with van der Waals surface area (Å²) in [7, 11) is 0. The van der Waals surface area contributed by atoms with Crippen LogP contribution in [0.4, 0.5) is 11.4 Å². The number of amides is 1. The van der Waals surface area contributed by atoms with E-state index in [1.807, 2.05) is 91.9 Å². The quantitative estimate of drug-likeness (QED) is 0.347. The van der Waals surface area contributed by atoms with E-state index in [1.54, 1.807) is 4.90 Å². The Morgan fingerprint density at radius 1 is 0.935 bits per heavy atom. The molecule has 0 bridgehead atoms. The molecule has 0 N–H and O–H groups in total. The van der Waals surface area contributed by atoms with Gasteiger partial charge in [0.25, 0.3) is 11.1 Å². The number of hydrogen-bond acceptors (Lipinski definition) is 6. The van der Waals surface area contributed by atoms with Crippen LogP contribution in [0.1, 0.15) is 11.5 Å². The van der Waals surface area contributed by atoms with Gasteiger partial charge in [0.15, 0.2) is 6.61 Å². The average molecular weight is 432 g/mol. The van der Waals surface area contributed by atoms with Crippen LogP contribution in [0.25, 0.3) is 0 Å². The Balaban J connectivity index is 1.39. The first kappa shape index (κ1) is 20.7. The van der Waals surface area contributed by atoms with Crippen molar-refractivity contribution in [2.24, 2.45) is 0 Å². The predicted octanol–water partition coefficient (Wildman–Crippen LogP) is 5.41. The third-order valence-corrected chi connectivity index (χ3v) is 5.20. The standard InChI is InChI=1S/C24H21N3O3S/c1-18-9-8-14-21(15-18)29-16-22-25-26-24(30-22)31-17-23(28)27(19-10-4-2-5-11-19)20-12-6-3-7-13-20/h2-15H,16-17H2,1H3. The number of hydrogen-bond donors (Lipinski definition) is 0. The smallest absolute Gasteiger partial charge is 0.277 e. The largest absolute Gasteiger partial charge is 0.484 e. The molecule has 0 aliphatic rings. The van der Waals surface area contributed by atoms with Gasteiger partial charge in [-0.25, -0.2) is 0 Å². The van der Waals surface area contributed by atoms with Crippen LogP contribution in [0.3, 0.4) is 0 Å². The minimum atomic E-state index is -0.0850. The molecule has 0 radical (unpaired) electrons. The van der Waals surface area contributed by atoms with E-state index in [4.69, 9.17) is 9.15 Å². The average Bonchev–Trinajstić information content (AvgIpc) is 3.26. The highest BCUT2D eigenvalue weighted by Gasteiger charge is 2.19. The summed E-state index contributed by atoms with van der Waals surface area (Å²) in [5.41, 5.74) is 2.72. The summed E-state index contributed by atoms with van der Waals surface area (Å²) in [6.07, 6.45) is 0. The number of carbonyl (C=O) groups is 1. The van der Waals surface area contributed by atoms with E-state index < -0.39 is 0 Å². The summed E-state index contributed by atoms with van der Waals surface area (Å²) in [6.45, 7) is 2.17. The van der Waals surface area contributed by atoms with Crippen LogP contribution in [0, 0.1) is 6.92 Å². The predicted molar refractivity (Wildman–Crippen MR) is 121 cm³/mol. The van der Waals surface area contributed by atoms with Gasteiger partial charge in [0.1, 0.15) is 5.75 Å². The minimum Gasteiger partial charge on any atom is -0.484 e. The van der Waals surface area contributed by atoms with Gasteiger partial charge in [-0.2, -0.15) is 0 Å². The molecule has 0 aliphatic heterocycles. The molecule has 3 aromatic carbocycles. The summed E-state index contributed by atoms with van der Waals surface area (Å²) >= 11 is 1.20. The van der Waals surface area contributed by atoms with Gasteiger partial charge in [0.05, 0.1) is 5.75 Å². The number of benzene rings is 3. The van der Waals surface area contributed by atoms with Gasteiger partial charge in [0, 0.05) is 11.4 Å². The maximum atomic E-state index is 13.1. The molecule has 4 aromatic rings. The molecule has 31 heavy (non-hydrogen) atoms. The summed E-state index contributed by atoms with van der Waals surface area (Å²) in [5.74, 6) is 1.17. The number of thioether (sulfide) groups is 1. The van der Waals surface area contributed by atoms with Gasteiger partial charge in [0.2, 0.25) is 5.91 Å². The summed E-state index contributed by atoms with van der Waals surface area (Å²) in [4.78, 5) is 14.7. The fourth-order valence-corrected chi connectivity index (χ4v) is 3.61. The third-order valence-electron chi connectivity index (χ3n) is 4.40. The lowest BCUT2D eigenvalue weighted by atomic mass is 10.2. The van der Waals surface area contributed by atoms with E-state index in [9.17, 15) is 4.79 Å². The zero-order valence-corrected chi connectivity index (χ0v) is 17.8. The second-order valence-electron chi connectivity index (χ2n) is 6.76. The lowest BCUT2D eigenvalue weighted by Crippen LogP contribution is -2.27. The van der Waals surface area contributed by atoms with Crippen molar-refractivity contribution in [1.29, 1.82) is 0 Å². The number of rotatable bonds is 8. The fraction of sp³-hybridized carbons (Fsp3) is 0.125. The van der Waals surface area contributed by atoms with E-state index in [0.29, 0.717) is 11.1 Å². The molecule has 4 rings (SSSR count). The lowest BCUT2D eigenvalue weighted by Gasteiger charge is -2.22. The maximum Gasteiger partial charge on any atom is 0.277 e. The number of para-hydroxylation sites is 2. The molecule has 156 valence electrons. The van der Waals surface area contributed by atoms with Crippen molar-refractivity contribution in [1.82, 2.24) is 10.2 Å². The topological polar surface area (TPSA) is 68.5 Å². The first-order valence-corrected chi connectivity index (χ1v) is 10.8. The molecule has 1 aromatic heterocycles. The Morgan fingerprint density at radius 3 is 2.26 bits per heavy atom. The number of carbonyl (C=O) groups excluding carboxylic acids is 1. The molecular formula is C24H21N3O3S. The lowest BCUT2D eigenvalue weighted by molar-refractivity contribution is -0.115. The molecule has 6 nitrogen and oxygen atoms in total. The molecule has 0 aliphatic carbocycles. The van der Waals surface area contributed by atoms with Crippen LogP contribution >= 0.6 is 11.8 Å². The minimum absolute atomic E-state index is 0.0850. The van der Waals surface area contributed by atoms with E-state index >= 15 is 0 Å². The molecule has 0 fully saturated rings. The van der Waals surface area contributed by atoms with Gasteiger partial charge in [-0.3, -0.25) is 9.69 Å². The van der Waals surface area contributed by atoms with Crippen LogP contribution in [-0.4, -0.2) is 21.9 Å². The van der Waals surface area contributed by atoms with Crippen molar-refractivity contribution in [2.75, 3.05) is 10.7 Å². The maximum absolute atomic E-state index is 13.1. The number of aromatic nitrogens is 2. The second kappa shape index (κ2) is 9.95. The second-order valence-corrected chi connectivity index (χ2v) is 7.68. The van der Waals surface area contributed by atoms with E-state index in [2.05, 4.69) is 10.2 Å². The number of ether oxygens (including phenoxy) is 1. The van der Waals surface area contributed by atoms with Crippen LogP contribution in [0.15, 0.2) is 94.6 Å².